The first-order valence-corrected chi connectivity index (χ1v) is 5.54. The number of ether oxygens (including phenoxy) is 1. The van der Waals surface area contributed by atoms with E-state index in [1.54, 1.807) is 0 Å². The summed E-state index contributed by atoms with van der Waals surface area (Å²) in [6.07, 6.45) is -0.783. The highest BCUT2D eigenvalue weighted by Crippen LogP contribution is 2.00. The standard InChI is InChI=1S/C12H16N2O4/c15-7-6-13-8-11(16)14-12(17)18-9-10-4-2-1-3-5-10/h1-5,13,15H,6-9H2,(H,14,16,17). The van der Waals surface area contributed by atoms with E-state index in [9.17, 15) is 9.59 Å². The van der Waals surface area contributed by atoms with Crippen LogP contribution in [0, 0.1) is 0 Å². The largest absolute Gasteiger partial charge is 0.444 e. The zero-order valence-electron chi connectivity index (χ0n) is 9.89. The Labute approximate surface area is 105 Å². The molecule has 0 fully saturated rings. The molecule has 0 saturated carbocycles. The molecule has 3 N–H and O–H groups in total. The second kappa shape index (κ2) is 8.21. The molecule has 0 heterocycles. The third-order valence-corrected chi connectivity index (χ3v) is 2.03. The number of hydrogen-bond acceptors (Lipinski definition) is 5. The van der Waals surface area contributed by atoms with Crippen molar-refractivity contribution in [2.24, 2.45) is 0 Å². The Hall–Kier alpha value is -1.92. The first-order chi connectivity index (χ1) is 8.72. The van der Waals surface area contributed by atoms with E-state index in [4.69, 9.17) is 9.84 Å². The fourth-order valence-corrected chi connectivity index (χ4v) is 1.20. The van der Waals surface area contributed by atoms with Gasteiger partial charge in [0.15, 0.2) is 0 Å². The van der Waals surface area contributed by atoms with Gasteiger partial charge in [0.2, 0.25) is 5.91 Å². The molecule has 6 heteroatoms. The highest BCUT2D eigenvalue weighted by atomic mass is 16.5. The number of rotatable bonds is 6. The minimum atomic E-state index is -0.783. The van der Waals surface area contributed by atoms with E-state index < -0.39 is 12.0 Å². The second-order valence-corrected chi connectivity index (χ2v) is 3.51. The molecule has 0 spiro atoms. The Kier molecular flexibility index (Phi) is 6.45. The lowest BCUT2D eigenvalue weighted by molar-refractivity contribution is -0.119. The average Bonchev–Trinajstić information content (AvgIpc) is 2.38. The molecule has 6 nitrogen and oxygen atoms in total. The van der Waals surface area contributed by atoms with Crippen molar-refractivity contribution in [1.82, 2.24) is 10.6 Å². The zero-order valence-corrected chi connectivity index (χ0v) is 9.89. The van der Waals surface area contributed by atoms with Crippen LogP contribution in [0.15, 0.2) is 30.3 Å². The third kappa shape index (κ3) is 5.97. The fourth-order valence-electron chi connectivity index (χ4n) is 1.20. The molecule has 0 atom stereocenters. The van der Waals surface area contributed by atoms with Crippen LogP contribution in [0.5, 0.6) is 0 Å². The summed E-state index contributed by atoms with van der Waals surface area (Å²) in [5.41, 5.74) is 0.846. The maximum Gasteiger partial charge on any atom is 0.414 e. The Morgan fingerprint density at radius 2 is 1.94 bits per heavy atom. The van der Waals surface area contributed by atoms with Crippen molar-refractivity contribution in [1.29, 1.82) is 0 Å². The van der Waals surface area contributed by atoms with Crippen molar-refractivity contribution < 1.29 is 19.4 Å². The van der Waals surface area contributed by atoms with Gasteiger partial charge in [0.05, 0.1) is 13.2 Å². The molecule has 1 aromatic rings. The van der Waals surface area contributed by atoms with Crippen LogP contribution in [0.4, 0.5) is 4.79 Å². The molecule has 2 amide bonds. The quantitative estimate of drug-likeness (QED) is 0.621. The summed E-state index contributed by atoms with van der Waals surface area (Å²) < 4.78 is 4.86. The third-order valence-electron chi connectivity index (χ3n) is 2.03. The van der Waals surface area contributed by atoms with Crippen molar-refractivity contribution in [2.45, 2.75) is 6.61 Å². The molecule has 0 radical (unpaired) electrons. The fraction of sp³-hybridized carbons (Fsp3) is 0.333. The Balaban J connectivity index is 2.19. The molecule has 0 unspecified atom stereocenters. The van der Waals surface area contributed by atoms with E-state index >= 15 is 0 Å². The van der Waals surface area contributed by atoms with Gasteiger partial charge in [-0.1, -0.05) is 30.3 Å². The highest BCUT2D eigenvalue weighted by molar-refractivity contribution is 5.92. The monoisotopic (exact) mass is 252 g/mol. The lowest BCUT2D eigenvalue weighted by Crippen LogP contribution is -2.38. The van der Waals surface area contributed by atoms with E-state index in [1.807, 2.05) is 30.3 Å². The van der Waals surface area contributed by atoms with Gasteiger partial charge in [0, 0.05) is 6.54 Å². The molecule has 98 valence electrons. The van der Waals surface area contributed by atoms with Gasteiger partial charge in [0.25, 0.3) is 0 Å². The van der Waals surface area contributed by atoms with Gasteiger partial charge >= 0.3 is 6.09 Å². The summed E-state index contributed by atoms with van der Waals surface area (Å²) in [4.78, 5) is 22.4. The van der Waals surface area contributed by atoms with Crippen LogP contribution in [-0.2, 0) is 16.1 Å². The molecular weight excluding hydrogens is 236 g/mol. The number of nitrogens with one attached hydrogen (secondary N) is 2. The Morgan fingerprint density at radius 1 is 1.22 bits per heavy atom. The first kappa shape index (κ1) is 14.1. The summed E-state index contributed by atoms with van der Waals surface area (Å²) in [5.74, 6) is -0.499. The zero-order chi connectivity index (χ0) is 13.2. The number of alkyl carbamates (subject to hydrolysis) is 1. The number of imide groups is 1. The molecule has 18 heavy (non-hydrogen) atoms. The summed E-state index contributed by atoms with van der Waals surface area (Å²) in [5, 5.41) is 13.2. The van der Waals surface area contributed by atoms with E-state index in [1.165, 1.54) is 0 Å². The molecule has 0 saturated heterocycles. The van der Waals surface area contributed by atoms with Crippen LogP contribution < -0.4 is 10.6 Å². The molecule has 0 aliphatic heterocycles. The Bertz CT molecular complexity index is 381. The van der Waals surface area contributed by atoms with Crippen molar-refractivity contribution in [3.63, 3.8) is 0 Å². The molecule has 1 rings (SSSR count). The van der Waals surface area contributed by atoms with Crippen molar-refractivity contribution in [2.75, 3.05) is 19.7 Å². The summed E-state index contributed by atoms with van der Waals surface area (Å²) in [7, 11) is 0. The van der Waals surface area contributed by atoms with E-state index in [0.29, 0.717) is 6.54 Å². The number of amides is 2. The minimum absolute atomic E-state index is 0.0407. The van der Waals surface area contributed by atoms with Crippen LogP contribution in [0.25, 0.3) is 0 Å². The van der Waals surface area contributed by atoms with Crippen molar-refractivity contribution in [3.8, 4) is 0 Å². The van der Waals surface area contributed by atoms with Gasteiger partial charge in [-0.3, -0.25) is 10.1 Å². The number of aliphatic hydroxyl groups excluding tert-OH is 1. The van der Waals surface area contributed by atoms with E-state index in [2.05, 4.69) is 10.6 Å². The lowest BCUT2D eigenvalue weighted by atomic mass is 10.2. The van der Waals surface area contributed by atoms with Gasteiger partial charge < -0.3 is 15.2 Å². The molecule has 0 bridgehead atoms. The molecule has 1 aromatic carbocycles. The number of aliphatic hydroxyl groups is 1. The molecule has 0 aromatic heterocycles. The van der Waals surface area contributed by atoms with E-state index in [-0.39, 0.29) is 19.8 Å². The summed E-state index contributed by atoms with van der Waals surface area (Å²) >= 11 is 0. The molecule has 0 aliphatic carbocycles. The van der Waals surface area contributed by atoms with Gasteiger partial charge in [-0.25, -0.2) is 4.79 Å². The maximum atomic E-state index is 11.2. The maximum absolute atomic E-state index is 11.2. The average molecular weight is 252 g/mol. The second-order valence-electron chi connectivity index (χ2n) is 3.51. The van der Waals surface area contributed by atoms with Crippen LogP contribution in [0.1, 0.15) is 5.56 Å². The van der Waals surface area contributed by atoms with Crippen LogP contribution in [0.3, 0.4) is 0 Å². The van der Waals surface area contributed by atoms with Gasteiger partial charge in [0.1, 0.15) is 6.61 Å². The van der Waals surface area contributed by atoms with Crippen molar-refractivity contribution >= 4 is 12.0 Å². The molecular formula is C12H16N2O4. The lowest BCUT2D eigenvalue weighted by Gasteiger charge is -2.06. The smallest absolute Gasteiger partial charge is 0.414 e. The molecule has 0 aliphatic rings. The normalized spacial score (nSPS) is 9.83. The predicted octanol–water partition coefficient (Wildman–Crippen LogP) is 0.0213. The van der Waals surface area contributed by atoms with Crippen LogP contribution in [-0.4, -0.2) is 36.8 Å². The number of carbonyl (C=O) groups excluding carboxylic acids is 2. The SMILES string of the molecule is O=C(CNCCO)NC(=O)OCc1ccccc1. The van der Waals surface area contributed by atoms with Crippen molar-refractivity contribution in [3.05, 3.63) is 35.9 Å². The highest BCUT2D eigenvalue weighted by Gasteiger charge is 2.08. The first-order valence-electron chi connectivity index (χ1n) is 5.54. The Morgan fingerprint density at radius 3 is 2.61 bits per heavy atom. The predicted molar refractivity (Wildman–Crippen MR) is 64.7 cm³/mol. The number of benzene rings is 1. The number of carbonyl (C=O) groups is 2. The van der Waals surface area contributed by atoms with Crippen LogP contribution >= 0.6 is 0 Å². The van der Waals surface area contributed by atoms with Gasteiger partial charge in [-0.15, -0.1) is 0 Å². The topological polar surface area (TPSA) is 87.7 Å². The number of hydrogen-bond donors (Lipinski definition) is 3. The minimum Gasteiger partial charge on any atom is -0.444 e. The van der Waals surface area contributed by atoms with Crippen LogP contribution in [0.2, 0.25) is 0 Å². The summed E-state index contributed by atoms with van der Waals surface area (Å²) in [6.45, 7) is 0.309. The van der Waals surface area contributed by atoms with Gasteiger partial charge in [-0.2, -0.15) is 0 Å². The summed E-state index contributed by atoms with van der Waals surface area (Å²) in [6, 6.07) is 9.16. The van der Waals surface area contributed by atoms with Gasteiger partial charge in [-0.05, 0) is 5.56 Å². The van der Waals surface area contributed by atoms with E-state index in [0.717, 1.165) is 5.56 Å².